The molecule has 1 unspecified atom stereocenters. The van der Waals surface area contributed by atoms with Gasteiger partial charge in [0.2, 0.25) is 5.91 Å². The van der Waals surface area contributed by atoms with E-state index in [0.717, 1.165) is 16.0 Å². The second-order valence-electron chi connectivity index (χ2n) is 8.04. The number of urea groups is 1. The fraction of sp³-hybridized carbons (Fsp3) is 0.192. The van der Waals surface area contributed by atoms with Crippen molar-refractivity contribution in [3.8, 4) is 5.75 Å². The van der Waals surface area contributed by atoms with Gasteiger partial charge in [-0.25, -0.2) is 14.1 Å². The summed E-state index contributed by atoms with van der Waals surface area (Å²) in [5.41, 5.74) is 2.71. The predicted octanol–water partition coefficient (Wildman–Crippen LogP) is 4.51. The number of halogens is 1. The molecular formula is C26H24FN3O4. The number of nitrogens with zero attached hydrogens (tertiary/aromatic N) is 2. The van der Waals surface area contributed by atoms with Crippen molar-refractivity contribution in [1.82, 2.24) is 4.90 Å². The molecule has 7 nitrogen and oxygen atoms in total. The lowest BCUT2D eigenvalue weighted by atomic mass is 10.1. The van der Waals surface area contributed by atoms with Crippen LogP contribution in [0, 0.1) is 12.7 Å². The zero-order valence-corrected chi connectivity index (χ0v) is 18.8. The normalized spacial score (nSPS) is 15.6. The maximum Gasteiger partial charge on any atom is 0.332 e. The minimum absolute atomic E-state index is 0.173. The molecule has 4 rings (SSSR count). The molecule has 1 fully saturated rings. The van der Waals surface area contributed by atoms with Gasteiger partial charge >= 0.3 is 6.03 Å². The van der Waals surface area contributed by atoms with Gasteiger partial charge < -0.3 is 15.0 Å². The number of hydrogen-bond acceptors (Lipinski definition) is 4. The van der Waals surface area contributed by atoms with E-state index in [2.05, 4.69) is 5.32 Å². The van der Waals surface area contributed by atoms with E-state index in [-0.39, 0.29) is 13.0 Å². The minimum Gasteiger partial charge on any atom is -0.497 e. The van der Waals surface area contributed by atoms with E-state index >= 15 is 0 Å². The molecule has 3 aromatic rings. The number of nitrogens with one attached hydrogen (secondary N) is 1. The van der Waals surface area contributed by atoms with Crippen LogP contribution in [0.5, 0.6) is 5.75 Å². The van der Waals surface area contributed by atoms with Gasteiger partial charge in [-0.2, -0.15) is 0 Å². The SMILES string of the molecule is COc1ccc(N2C(=O)C(CC(=O)Nc3ccc(F)cc3)N(Cc3ccc(C)cc3)C2=O)cc1. The van der Waals surface area contributed by atoms with E-state index in [1.807, 2.05) is 31.2 Å². The number of aryl methyl sites for hydroxylation is 1. The Morgan fingerprint density at radius 3 is 2.24 bits per heavy atom. The largest absolute Gasteiger partial charge is 0.497 e. The third-order valence-corrected chi connectivity index (χ3v) is 5.63. The number of imide groups is 1. The van der Waals surface area contributed by atoms with Crippen LogP contribution in [-0.2, 0) is 16.1 Å². The number of benzene rings is 3. The third-order valence-electron chi connectivity index (χ3n) is 5.63. The van der Waals surface area contributed by atoms with Crippen molar-refractivity contribution in [2.75, 3.05) is 17.3 Å². The van der Waals surface area contributed by atoms with Gasteiger partial charge in [-0.3, -0.25) is 9.59 Å². The van der Waals surface area contributed by atoms with E-state index in [4.69, 9.17) is 4.74 Å². The molecule has 8 heteroatoms. The van der Waals surface area contributed by atoms with Crippen LogP contribution in [0.25, 0.3) is 0 Å². The van der Waals surface area contributed by atoms with Crippen molar-refractivity contribution in [3.05, 3.63) is 89.7 Å². The minimum atomic E-state index is -0.989. The van der Waals surface area contributed by atoms with Crippen LogP contribution in [0.1, 0.15) is 17.5 Å². The van der Waals surface area contributed by atoms with Crippen molar-refractivity contribution in [2.24, 2.45) is 0 Å². The van der Waals surface area contributed by atoms with Crippen LogP contribution < -0.4 is 15.0 Å². The topological polar surface area (TPSA) is 79.0 Å². The first-order valence-corrected chi connectivity index (χ1v) is 10.8. The quantitative estimate of drug-likeness (QED) is 0.525. The lowest BCUT2D eigenvalue weighted by Crippen LogP contribution is -2.37. The number of rotatable bonds is 7. The second-order valence-corrected chi connectivity index (χ2v) is 8.04. The summed E-state index contributed by atoms with van der Waals surface area (Å²) < 4.78 is 18.3. The molecular weight excluding hydrogens is 437 g/mol. The monoisotopic (exact) mass is 461 g/mol. The summed E-state index contributed by atoms with van der Waals surface area (Å²) in [4.78, 5) is 42.0. The van der Waals surface area contributed by atoms with E-state index in [0.29, 0.717) is 17.1 Å². The number of anilines is 2. The summed E-state index contributed by atoms with van der Waals surface area (Å²) in [6.07, 6.45) is -0.236. The van der Waals surface area contributed by atoms with Gasteiger partial charge in [-0.1, -0.05) is 29.8 Å². The van der Waals surface area contributed by atoms with Crippen LogP contribution in [0.15, 0.2) is 72.8 Å². The summed E-state index contributed by atoms with van der Waals surface area (Å²) in [6, 6.07) is 18.0. The summed E-state index contributed by atoms with van der Waals surface area (Å²) >= 11 is 0. The fourth-order valence-electron chi connectivity index (χ4n) is 3.79. The molecule has 3 aromatic carbocycles. The molecule has 0 spiro atoms. The van der Waals surface area contributed by atoms with Gasteiger partial charge in [-0.15, -0.1) is 0 Å². The standard InChI is InChI=1S/C26H24FN3O4/c1-17-3-5-18(6-4-17)16-29-23(15-24(31)28-20-9-7-19(27)8-10-20)25(32)30(26(29)33)21-11-13-22(34-2)14-12-21/h3-14,23H,15-16H2,1-2H3,(H,28,31). The Morgan fingerprint density at radius 1 is 0.971 bits per heavy atom. The highest BCUT2D eigenvalue weighted by atomic mass is 19.1. The molecule has 0 bridgehead atoms. The second kappa shape index (κ2) is 9.74. The predicted molar refractivity (Wildman–Crippen MR) is 126 cm³/mol. The molecule has 0 aliphatic carbocycles. The fourth-order valence-corrected chi connectivity index (χ4v) is 3.79. The molecule has 1 aliphatic rings. The van der Waals surface area contributed by atoms with Crippen LogP contribution in [0.4, 0.5) is 20.6 Å². The van der Waals surface area contributed by atoms with Gasteiger partial charge in [-0.05, 0) is 61.0 Å². The Hall–Kier alpha value is -4.20. The highest BCUT2D eigenvalue weighted by Crippen LogP contribution is 2.30. The Kier molecular flexibility index (Phi) is 6.58. The number of ether oxygens (including phenoxy) is 1. The molecule has 34 heavy (non-hydrogen) atoms. The van der Waals surface area contributed by atoms with Gasteiger partial charge in [0.05, 0.1) is 19.2 Å². The van der Waals surface area contributed by atoms with Crippen LogP contribution in [0.2, 0.25) is 0 Å². The van der Waals surface area contributed by atoms with Crippen LogP contribution in [-0.4, -0.2) is 35.9 Å². The smallest absolute Gasteiger partial charge is 0.332 e. The number of hydrogen-bond donors (Lipinski definition) is 1. The van der Waals surface area contributed by atoms with E-state index in [1.165, 1.54) is 36.3 Å². The number of amides is 4. The van der Waals surface area contributed by atoms with Crippen molar-refractivity contribution >= 4 is 29.2 Å². The molecule has 0 saturated carbocycles. The third kappa shape index (κ3) is 4.91. The van der Waals surface area contributed by atoms with E-state index in [9.17, 15) is 18.8 Å². The van der Waals surface area contributed by atoms with Gasteiger partial charge in [0.25, 0.3) is 5.91 Å². The zero-order chi connectivity index (χ0) is 24.2. The van der Waals surface area contributed by atoms with E-state index < -0.39 is 29.7 Å². The molecule has 0 aromatic heterocycles. The van der Waals surface area contributed by atoms with Crippen molar-refractivity contribution in [3.63, 3.8) is 0 Å². The average molecular weight is 461 g/mol. The maximum absolute atomic E-state index is 13.4. The average Bonchev–Trinajstić information content (AvgIpc) is 3.06. The first-order chi connectivity index (χ1) is 16.4. The molecule has 1 N–H and O–H groups in total. The lowest BCUT2D eigenvalue weighted by Gasteiger charge is -2.22. The lowest BCUT2D eigenvalue weighted by molar-refractivity contribution is -0.124. The Bertz CT molecular complexity index is 1190. The number of carbonyl (C=O) groups excluding carboxylic acids is 3. The summed E-state index contributed by atoms with van der Waals surface area (Å²) in [7, 11) is 1.53. The Morgan fingerprint density at radius 2 is 1.62 bits per heavy atom. The number of carbonyl (C=O) groups is 3. The maximum atomic E-state index is 13.4. The first kappa shape index (κ1) is 23.0. The highest BCUT2D eigenvalue weighted by molar-refractivity contribution is 6.22. The number of methoxy groups -OCH3 is 1. The van der Waals surface area contributed by atoms with Crippen molar-refractivity contribution in [1.29, 1.82) is 0 Å². The first-order valence-electron chi connectivity index (χ1n) is 10.8. The van der Waals surface area contributed by atoms with Gasteiger partial charge in [0.15, 0.2) is 0 Å². The molecule has 1 heterocycles. The molecule has 174 valence electrons. The van der Waals surface area contributed by atoms with Crippen molar-refractivity contribution in [2.45, 2.75) is 25.9 Å². The highest BCUT2D eigenvalue weighted by Gasteiger charge is 2.46. The molecule has 4 amide bonds. The summed E-state index contributed by atoms with van der Waals surface area (Å²) in [5.74, 6) is -0.775. The summed E-state index contributed by atoms with van der Waals surface area (Å²) in [5, 5.41) is 2.66. The Balaban J connectivity index is 1.59. The molecule has 1 aliphatic heterocycles. The Labute approximate surface area is 196 Å². The van der Waals surface area contributed by atoms with Crippen molar-refractivity contribution < 1.29 is 23.5 Å². The zero-order valence-electron chi connectivity index (χ0n) is 18.8. The van der Waals surface area contributed by atoms with Crippen LogP contribution in [0.3, 0.4) is 0 Å². The molecule has 1 saturated heterocycles. The summed E-state index contributed by atoms with van der Waals surface area (Å²) in [6.45, 7) is 2.13. The van der Waals surface area contributed by atoms with Gasteiger partial charge in [0, 0.05) is 12.2 Å². The molecule has 1 atom stereocenters. The van der Waals surface area contributed by atoms with E-state index in [1.54, 1.807) is 24.3 Å². The van der Waals surface area contributed by atoms with Gasteiger partial charge in [0.1, 0.15) is 17.6 Å². The molecule has 0 radical (unpaired) electrons. The van der Waals surface area contributed by atoms with Crippen LogP contribution >= 0.6 is 0 Å².